The van der Waals surface area contributed by atoms with Gasteiger partial charge in [-0.3, -0.25) is 0 Å². The van der Waals surface area contributed by atoms with Gasteiger partial charge in [-0.1, -0.05) is 18.2 Å². The smallest absolute Gasteiger partial charge is 0.302 e. The van der Waals surface area contributed by atoms with E-state index in [9.17, 15) is 17.6 Å². The molecule has 0 radical (unpaired) electrons. The lowest BCUT2D eigenvalue weighted by atomic mass is 9.73. The van der Waals surface area contributed by atoms with E-state index in [4.69, 9.17) is 0 Å². The zero-order valence-corrected chi connectivity index (χ0v) is 15.8. The highest BCUT2D eigenvalue weighted by Crippen LogP contribution is 2.46. The van der Waals surface area contributed by atoms with Gasteiger partial charge in [0, 0.05) is 18.5 Å². The molecule has 1 heterocycles. The molecule has 1 unspecified atom stereocenters. The molecule has 0 aromatic heterocycles. The van der Waals surface area contributed by atoms with Crippen molar-refractivity contribution in [1.29, 1.82) is 0 Å². The van der Waals surface area contributed by atoms with Crippen molar-refractivity contribution in [3.05, 3.63) is 70.5 Å². The first-order chi connectivity index (χ1) is 12.3. The topological polar surface area (TPSA) is 3.24 Å². The molecule has 0 bridgehead atoms. The molecule has 1 nitrogen and oxygen atoms in total. The summed E-state index contributed by atoms with van der Waals surface area (Å²) in [6.07, 6.45) is -1.97. The van der Waals surface area contributed by atoms with Crippen LogP contribution in [0.3, 0.4) is 0 Å². The van der Waals surface area contributed by atoms with Crippen LogP contribution in [0.5, 0.6) is 0 Å². The molecular weight excluding hydrogens is 378 g/mol. The van der Waals surface area contributed by atoms with Gasteiger partial charge in [0.1, 0.15) is 5.82 Å². The number of alkyl halides is 3. The van der Waals surface area contributed by atoms with Gasteiger partial charge in [0.25, 0.3) is 0 Å². The van der Waals surface area contributed by atoms with Crippen LogP contribution in [-0.2, 0) is 19.0 Å². The Labute approximate surface area is 162 Å². The predicted molar refractivity (Wildman–Crippen MR) is 99.8 cm³/mol. The number of fused-ring (bicyclic) bond motifs is 3. The standard InChI is InChI=1S/C21H21F4N.ClH/c1-26-12-19-17-8-6-15(21(23,24)25)11-14(17)5-7-18(19)20(26)10-13-3-2-4-16(22)9-13;/h2-4,6,8-9,11,18-20H,5,7,10,12H2,1H3;1H/t18?,19-,20-;/m1./s1. The van der Waals surface area contributed by atoms with E-state index in [2.05, 4.69) is 11.9 Å². The monoisotopic (exact) mass is 399 g/mol. The van der Waals surface area contributed by atoms with Gasteiger partial charge in [0.05, 0.1) is 5.56 Å². The van der Waals surface area contributed by atoms with Gasteiger partial charge in [-0.25, -0.2) is 4.39 Å². The zero-order valence-electron chi connectivity index (χ0n) is 15.0. The highest BCUT2D eigenvalue weighted by atomic mass is 35.5. The van der Waals surface area contributed by atoms with Crippen LogP contribution >= 0.6 is 12.4 Å². The van der Waals surface area contributed by atoms with E-state index in [0.29, 0.717) is 12.3 Å². The summed E-state index contributed by atoms with van der Waals surface area (Å²) in [7, 11) is 2.06. The fraction of sp³-hybridized carbons (Fsp3) is 0.429. The summed E-state index contributed by atoms with van der Waals surface area (Å²) < 4.78 is 52.5. The Bertz CT molecular complexity index is 820. The molecule has 1 saturated heterocycles. The van der Waals surface area contributed by atoms with Crippen molar-refractivity contribution in [3.8, 4) is 0 Å². The van der Waals surface area contributed by atoms with Crippen LogP contribution in [0, 0.1) is 11.7 Å². The highest BCUT2D eigenvalue weighted by molar-refractivity contribution is 5.85. The molecule has 146 valence electrons. The number of nitrogens with zero attached hydrogens (tertiary/aromatic N) is 1. The summed E-state index contributed by atoms with van der Waals surface area (Å²) in [6, 6.07) is 11.2. The predicted octanol–water partition coefficient (Wildman–Crippen LogP) is 5.47. The summed E-state index contributed by atoms with van der Waals surface area (Å²) in [5.74, 6) is 0.422. The lowest BCUT2D eigenvalue weighted by Gasteiger charge is -2.32. The van der Waals surface area contributed by atoms with Crippen LogP contribution in [0.2, 0.25) is 0 Å². The quantitative estimate of drug-likeness (QED) is 0.605. The number of rotatable bonds is 2. The Kier molecular flexibility index (Phi) is 5.55. The van der Waals surface area contributed by atoms with Crippen molar-refractivity contribution in [2.75, 3.05) is 13.6 Å². The number of benzene rings is 2. The number of likely N-dealkylation sites (N-methyl/N-ethyl adjacent to an activating group) is 1. The molecule has 2 aliphatic rings. The van der Waals surface area contributed by atoms with Crippen LogP contribution < -0.4 is 0 Å². The molecule has 6 heteroatoms. The maximum absolute atomic E-state index is 13.5. The van der Waals surface area contributed by atoms with E-state index >= 15 is 0 Å². The normalized spacial score (nSPS) is 24.9. The fourth-order valence-corrected chi connectivity index (χ4v) is 4.79. The second-order valence-corrected chi connectivity index (χ2v) is 7.56. The van der Waals surface area contributed by atoms with E-state index in [1.165, 1.54) is 18.2 Å². The molecule has 2 aromatic rings. The van der Waals surface area contributed by atoms with Gasteiger partial charge in [0.15, 0.2) is 0 Å². The van der Waals surface area contributed by atoms with Crippen LogP contribution in [0.4, 0.5) is 17.6 Å². The Hall–Kier alpha value is -1.59. The Morgan fingerprint density at radius 1 is 1.11 bits per heavy atom. The third-order valence-electron chi connectivity index (χ3n) is 6.01. The summed E-state index contributed by atoms with van der Waals surface area (Å²) in [5.41, 5.74) is 2.31. The molecule has 0 N–H and O–H groups in total. The minimum atomic E-state index is -4.29. The first-order valence-corrected chi connectivity index (χ1v) is 8.97. The van der Waals surface area contributed by atoms with Gasteiger partial charge >= 0.3 is 6.18 Å². The minimum absolute atomic E-state index is 0. The average molecular weight is 400 g/mol. The van der Waals surface area contributed by atoms with Gasteiger partial charge in [-0.05, 0) is 73.2 Å². The molecule has 1 aliphatic heterocycles. The molecule has 1 fully saturated rings. The molecule has 0 spiro atoms. The number of aryl methyl sites for hydroxylation is 1. The van der Waals surface area contributed by atoms with E-state index in [1.807, 2.05) is 6.07 Å². The maximum Gasteiger partial charge on any atom is 0.416 e. The molecule has 1 aliphatic carbocycles. The van der Waals surface area contributed by atoms with Gasteiger partial charge in [-0.15, -0.1) is 12.4 Å². The largest absolute Gasteiger partial charge is 0.416 e. The van der Waals surface area contributed by atoms with E-state index in [-0.39, 0.29) is 30.2 Å². The van der Waals surface area contributed by atoms with E-state index in [1.54, 1.807) is 18.2 Å². The Morgan fingerprint density at radius 3 is 2.59 bits per heavy atom. The van der Waals surface area contributed by atoms with E-state index in [0.717, 1.165) is 36.1 Å². The third-order valence-corrected chi connectivity index (χ3v) is 6.01. The van der Waals surface area contributed by atoms with Crippen LogP contribution in [0.1, 0.15) is 34.6 Å². The Morgan fingerprint density at radius 2 is 1.89 bits per heavy atom. The zero-order chi connectivity index (χ0) is 18.5. The van der Waals surface area contributed by atoms with Crippen molar-refractivity contribution < 1.29 is 17.6 Å². The minimum Gasteiger partial charge on any atom is -0.302 e. The fourth-order valence-electron chi connectivity index (χ4n) is 4.79. The van der Waals surface area contributed by atoms with Crippen LogP contribution in [0.25, 0.3) is 0 Å². The molecule has 0 amide bonds. The van der Waals surface area contributed by atoms with Crippen molar-refractivity contribution in [2.45, 2.75) is 37.4 Å². The molecule has 2 aromatic carbocycles. The van der Waals surface area contributed by atoms with E-state index < -0.39 is 11.7 Å². The molecule has 27 heavy (non-hydrogen) atoms. The lowest BCUT2D eigenvalue weighted by Crippen LogP contribution is -2.32. The van der Waals surface area contributed by atoms with Gasteiger partial charge in [0.2, 0.25) is 0 Å². The molecule has 0 saturated carbocycles. The van der Waals surface area contributed by atoms with Crippen molar-refractivity contribution >= 4 is 12.4 Å². The second-order valence-electron chi connectivity index (χ2n) is 7.56. The summed E-state index contributed by atoms with van der Waals surface area (Å²) in [5, 5.41) is 0. The molecule has 3 atom stereocenters. The van der Waals surface area contributed by atoms with Crippen molar-refractivity contribution in [3.63, 3.8) is 0 Å². The number of halogens is 5. The Balaban J connectivity index is 0.00000210. The second kappa shape index (κ2) is 7.44. The summed E-state index contributed by atoms with van der Waals surface area (Å²) in [6.45, 7) is 0.836. The van der Waals surface area contributed by atoms with Crippen LogP contribution in [-0.4, -0.2) is 24.5 Å². The highest BCUT2D eigenvalue weighted by Gasteiger charge is 2.43. The molecule has 4 rings (SSSR count). The maximum atomic E-state index is 13.5. The van der Waals surface area contributed by atoms with Crippen LogP contribution in [0.15, 0.2) is 42.5 Å². The summed E-state index contributed by atoms with van der Waals surface area (Å²) >= 11 is 0. The number of likely N-dealkylation sites (tertiary alicyclic amines) is 1. The number of hydrogen-bond acceptors (Lipinski definition) is 1. The molecular formula is C21H22ClF4N. The van der Waals surface area contributed by atoms with Gasteiger partial charge in [-0.2, -0.15) is 13.2 Å². The average Bonchev–Trinajstić information content (AvgIpc) is 2.90. The van der Waals surface area contributed by atoms with Crippen molar-refractivity contribution in [1.82, 2.24) is 4.90 Å². The summed E-state index contributed by atoms with van der Waals surface area (Å²) in [4.78, 5) is 2.28. The SMILES string of the molecule is CN1C[C@@H]2c3ccc(C(F)(F)F)cc3CCC2[C@H]1Cc1cccc(F)c1.Cl. The lowest BCUT2D eigenvalue weighted by molar-refractivity contribution is -0.137. The first-order valence-electron chi connectivity index (χ1n) is 8.97. The third kappa shape index (κ3) is 3.85. The first kappa shape index (κ1) is 20.2. The number of hydrogen-bond donors (Lipinski definition) is 0. The van der Waals surface area contributed by atoms with Gasteiger partial charge < -0.3 is 4.90 Å². The van der Waals surface area contributed by atoms with Crippen molar-refractivity contribution in [2.24, 2.45) is 5.92 Å².